The van der Waals surface area contributed by atoms with Crippen molar-refractivity contribution in [2.75, 3.05) is 20.1 Å². The van der Waals surface area contributed by atoms with Crippen LogP contribution in [0.2, 0.25) is 0 Å². The Labute approximate surface area is 116 Å². The van der Waals surface area contributed by atoms with Crippen molar-refractivity contribution in [2.45, 2.75) is 6.92 Å². The molecule has 6 heteroatoms. The average molecular weight is 276 g/mol. The fraction of sp³-hybridized carbons (Fsp3) is 0.286. The predicted molar refractivity (Wildman–Crippen MR) is 74.5 cm³/mol. The van der Waals surface area contributed by atoms with Crippen LogP contribution in [0.25, 0.3) is 5.69 Å². The Balaban J connectivity index is 2.23. The molecule has 0 aliphatic carbocycles. The molecule has 2 aromatic rings. The Kier molecular flexibility index (Phi) is 4.47. The summed E-state index contributed by atoms with van der Waals surface area (Å²) in [6.07, 6.45) is 1.45. The van der Waals surface area contributed by atoms with Crippen LogP contribution in [0, 0.1) is 12.7 Å². The number of halogens is 1. The Hall–Kier alpha value is -2.21. The zero-order valence-corrected chi connectivity index (χ0v) is 11.5. The number of para-hydroxylation sites is 1. The number of benzene rings is 1. The van der Waals surface area contributed by atoms with E-state index in [1.165, 1.54) is 16.9 Å². The van der Waals surface area contributed by atoms with E-state index < -0.39 is 0 Å². The van der Waals surface area contributed by atoms with Crippen LogP contribution in [0.5, 0.6) is 0 Å². The van der Waals surface area contributed by atoms with Crippen molar-refractivity contribution < 1.29 is 9.18 Å². The molecule has 1 aromatic carbocycles. The first kappa shape index (κ1) is 14.2. The number of nitrogens with zero attached hydrogens (tertiary/aromatic N) is 2. The normalized spacial score (nSPS) is 10.6. The molecule has 0 saturated carbocycles. The van der Waals surface area contributed by atoms with Crippen molar-refractivity contribution in [3.8, 4) is 5.69 Å². The first-order valence-corrected chi connectivity index (χ1v) is 6.37. The Morgan fingerprint density at radius 1 is 1.35 bits per heavy atom. The van der Waals surface area contributed by atoms with E-state index in [1.54, 1.807) is 25.1 Å². The Morgan fingerprint density at radius 2 is 2.10 bits per heavy atom. The van der Waals surface area contributed by atoms with Crippen molar-refractivity contribution in [3.63, 3.8) is 0 Å². The number of hydrogen-bond acceptors (Lipinski definition) is 3. The zero-order chi connectivity index (χ0) is 14.5. The number of nitrogens with one attached hydrogen (secondary N) is 2. The first-order chi connectivity index (χ1) is 9.65. The molecule has 106 valence electrons. The standard InChI is InChI=1S/C14H17FN4O/c1-10-11(14(20)17-8-7-16-2)9-18-19(10)13-6-4-3-5-12(13)15/h3-6,9,16H,7-8H2,1-2H3,(H,17,20). The Morgan fingerprint density at radius 3 is 2.80 bits per heavy atom. The summed E-state index contributed by atoms with van der Waals surface area (Å²) in [7, 11) is 1.81. The van der Waals surface area contributed by atoms with E-state index in [0.29, 0.717) is 30.0 Å². The molecule has 1 heterocycles. The van der Waals surface area contributed by atoms with Gasteiger partial charge in [0.1, 0.15) is 11.5 Å². The van der Waals surface area contributed by atoms with Crippen LogP contribution in [0.3, 0.4) is 0 Å². The molecular formula is C14H17FN4O. The van der Waals surface area contributed by atoms with E-state index in [2.05, 4.69) is 15.7 Å². The topological polar surface area (TPSA) is 58.9 Å². The molecule has 0 aliphatic heterocycles. The SMILES string of the molecule is CNCCNC(=O)c1cnn(-c2ccccc2F)c1C. The van der Waals surface area contributed by atoms with Crippen molar-refractivity contribution in [1.82, 2.24) is 20.4 Å². The second-order valence-corrected chi connectivity index (χ2v) is 4.37. The number of amides is 1. The fourth-order valence-electron chi connectivity index (χ4n) is 1.90. The molecule has 0 aliphatic rings. The molecule has 0 unspecified atom stereocenters. The number of carbonyl (C=O) groups is 1. The summed E-state index contributed by atoms with van der Waals surface area (Å²) < 4.78 is 15.2. The largest absolute Gasteiger partial charge is 0.351 e. The van der Waals surface area contributed by atoms with Gasteiger partial charge in [-0.05, 0) is 26.1 Å². The molecule has 1 amide bonds. The van der Waals surface area contributed by atoms with Crippen LogP contribution in [-0.2, 0) is 0 Å². The van der Waals surface area contributed by atoms with Gasteiger partial charge in [0.05, 0.1) is 17.5 Å². The van der Waals surface area contributed by atoms with Gasteiger partial charge in [-0.1, -0.05) is 12.1 Å². The summed E-state index contributed by atoms with van der Waals surface area (Å²) in [4.78, 5) is 12.0. The van der Waals surface area contributed by atoms with E-state index in [9.17, 15) is 9.18 Å². The minimum Gasteiger partial charge on any atom is -0.351 e. The van der Waals surface area contributed by atoms with Gasteiger partial charge in [0.25, 0.3) is 5.91 Å². The molecule has 0 saturated heterocycles. The molecular weight excluding hydrogens is 259 g/mol. The third-order valence-corrected chi connectivity index (χ3v) is 3.00. The van der Waals surface area contributed by atoms with Crippen molar-refractivity contribution in [1.29, 1.82) is 0 Å². The highest BCUT2D eigenvalue weighted by Gasteiger charge is 2.16. The maximum Gasteiger partial charge on any atom is 0.254 e. The lowest BCUT2D eigenvalue weighted by Gasteiger charge is -2.07. The predicted octanol–water partition coefficient (Wildman–Crippen LogP) is 1.27. The van der Waals surface area contributed by atoms with Crippen molar-refractivity contribution in [3.05, 3.63) is 47.5 Å². The van der Waals surface area contributed by atoms with Gasteiger partial charge >= 0.3 is 0 Å². The summed E-state index contributed by atoms with van der Waals surface area (Å²) in [6.45, 7) is 2.96. The molecule has 0 atom stereocenters. The second kappa shape index (κ2) is 6.29. The lowest BCUT2D eigenvalue weighted by Crippen LogP contribution is -2.30. The van der Waals surface area contributed by atoms with Crippen LogP contribution in [0.4, 0.5) is 4.39 Å². The van der Waals surface area contributed by atoms with Gasteiger partial charge in [-0.3, -0.25) is 4.79 Å². The van der Waals surface area contributed by atoms with Gasteiger partial charge in [0, 0.05) is 13.1 Å². The highest BCUT2D eigenvalue weighted by Crippen LogP contribution is 2.16. The third kappa shape index (κ3) is 2.85. The van der Waals surface area contributed by atoms with Gasteiger partial charge in [-0.15, -0.1) is 0 Å². The smallest absolute Gasteiger partial charge is 0.254 e. The number of rotatable bonds is 5. The van der Waals surface area contributed by atoms with Gasteiger partial charge in [0.2, 0.25) is 0 Å². The summed E-state index contributed by atoms with van der Waals surface area (Å²) in [5, 5.41) is 9.81. The van der Waals surface area contributed by atoms with Gasteiger partial charge < -0.3 is 10.6 Å². The minimum absolute atomic E-state index is 0.208. The Bertz CT molecular complexity index is 609. The van der Waals surface area contributed by atoms with E-state index in [4.69, 9.17) is 0 Å². The summed E-state index contributed by atoms with van der Waals surface area (Å²) in [5.41, 5.74) is 1.39. The fourth-order valence-corrected chi connectivity index (χ4v) is 1.90. The van der Waals surface area contributed by atoms with E-state index in [-0.39, 0.29) is 11.7 Å². The van der Waals surface area contributed by atoms with Gasteiger partial charge in [-0.25, -0.2) is 9.07 Å². The average Bonchev–Trinajstić information content (AvgIpc) is 2.81. The quantitative estimate of drug-likeness (QED) is 0.809. The summed E-state index contributed by atoms with van der Waals surface area (Å²) in [6, 6.07) is 6.33. The highest BCUT2D eigenvalue weighted by atomic mass is 19.1. The van der Waals surface area contributed by atoms with Crippen molar-refractivity contribution in [2.24, 2.45) is 0 Å². The second-order valence-electron chi connectivity index (χ2n) is 4.37. The molecule has 0 radical (unpaired) electrons. The molecule has 0 spiro atoms. The summed E-state index contributed by atoms with van der Waals surface area (Å²) in [5.74, 6) is -0.582. The molecule has 0 bridgehead atoms. The number of likely N-dealkylation sites (N-methyl/N-ethyl adjacent to an activating group) is 1. The number of hydrogen-bond donors (Lipinski definition) is 2. The first-order valence-electron chi connectivity index (χ1n) is 6.37. The molecule has 2 N–H and O–H groups in total. The van der Waals surface area contributed by atoms with E-state index in [1.807, 2.05) is 7.05 Å². The van der Waals surface area contributed by atoms with Crippen molar-refractivity contribution >= 4 is 5.91 Å². The van der Waals surface area contributed by atoms with E-state index in [0.717, 1.165) is 0 Å². The number of aromatic nitrogens is 2. The third-order valence-electron chi connectivity index (χ3n) is 3.00. The molecule has 2 rings (SSSR count). The molecule has 5 nitrogen and oxygen atoms in total. The van der Waals surface area contributed by atoms with Crippen LogP contribution in [0.15, 0.2) is 30.5 Å². The van der Waals surface area contributed by atoms with Crippen LogP contribution in [0.1, 0.15) is 16.1 Å². The van der Waals surface area contributed by atoms with Gasteiger partial charge in [0.15, 0.2) is 0 Å². The number of carbonyl (C=O) groups excluding carboxylic acids is 1. The van der Waals surface area contributed by atoms with E-state index >= 15 is 0 Å². The van der Waals surface area contributed by atoms with Crippen LogP contribution >= 0.6 is 0 Å². The molecule has 20 heavy (non-hydrogen) atoms. The van der Waals surface area contributed by atoms with Crippen LogP contribution < -0.4 is 10.6 Å². The minimum atomic E-state index is -0.374. The molecule has 0 fully saturated rings. The maximum atomic E-state index is 13.7. The van der Waals surface area contributed by atoms with Gasteiger partial charge in [-0.2, -0.15) is 5.10 Å². The van der Waals surface area contributed by atoms with Crippen LogP contribution in [-0.4, -0.2) is 35.8 Å². The molecule has 1 aromatic heterocycles. The lowest BCUT2D eigenvalue weighted by molar-refractivity contribution is 0.0953. The lowest BCUT2D eigenvalue weighted by atomic mass is 10.2. The monoisotopic (exact) mass is 276 g/mol. The summed E-state index contributed by atoms with van der Waals surface area (Å²) >= 11 is 0. The zero-order valence-electron chi connectivity index (χ0n) is 11.5. The highest BCUT2D eigenvalue weighted by molar-refractivity contribution is 5.95. The maximum absolute atomic E-state index is 13.7.